The zero-order chi connectivity index (χ0) is 35.5. The number of hydrogen-bond acceptors (Lipinski definition) is 2. The van der Waals surface area contributed by atoms with E-state index in [4.69, 9.17) is 0 Å². The maximum Gasteiger partial charge on any atom is 0.0462 e. The minimum absolute atomic E-state index is 0.0606. The normalized spacial score (nSPS) is 12.9. The van der Waals surface area contributed by atoms with Crippen molar-refractivity contribution in [2.75, 3.05) is 4.90 Å². The molecule has 53 heavy (non-hydrogen) atoms. The third-order valence-electron chi connectivity index (χ3n) is 11.1. The summed E-state index contributed by atoms with van der Waals surface area (Å²) < 4.78 is 2.66. The third-order valence-corrected chi connectivity index (χ3v) is 12.2. The van der Waals surface area contributed by atoms with Crippen LogP contribution in [0.15, 0.2) is 188 Å². The number of fused-ring (bicyclic) bond motifs is 6. The predicted molar refractivity (Wildman–Crippen MR) is 228 cm³/mol. The van der Waals surface area contributed by atoms with E-state index in [9.17, 15) is 0 Å². The Bertz CT molecular complexity index is 2780. The Morgan fingerprint density at radius 3 is 1.58 bits per heavy atom. The van der Waals surface area contributed by atoms with Gasteiger partial charge in [-0.25, -0.2) is 0 Å². The molecule has 1 nitrogen and oxygen atoms in total. The topological polar surface area (TPSA) is 3.24 Å². The molecule has 1 aliphatic carbocycles. The summed E-state index contributed by atoms with van der Waals surface area (Å²) in [5, 5.41) is 2.66. The minimum Gasteiger partial charge on any atom is -0.311 e. The summed E-state index contributed by atoms with van der Waals surface area (Å²) in [6.45, 7) is 4.71. The molecule has 0 saturated heterocycles. The predicted octanol–water partition coefficient (Wildman–Crippen LogP) is 14.8. The molecule has 1 heterocycles. The smallest absolute Gasteiger partial charge is 0.0462 e. The fourth-order valence-corrected chi connectivity index (χ4v) is 9.42. The van der Waals surface area contributed by atoms with Crippen LogP contribution < -0.4 is 4.90 Å². The lowest BCUT2D eigenvalue weighted by Gasteiger charge is -2.26. The molecule has 0 bridgehead atoms. The summed E-state index contributed by atoms with van der Waals surface area (Å²) >= 11 is 1.87. The fourth-order valence-electron chi connectivity index (χ4n) is 8.28. The monoisotopic (exact) mass is 695 g/mol. The number of anilines is 3. The Morgan fingerprint density at radius 2 is 0.868 bits per heavy atom. The number of nitrogens with zero attached hydrogens (tertiary/aromatic N) is 1. The van der Waals surface area contributed by atoms with Gasteiger partial charge in [-0.1, -0.05) is 141 Å². The second-order valence-electron chi connectivity index (χ2n) is 14.6. The van der Waals surface area contributed by atoms with E-state index >= 15 is 0 Å². The highest BCUT2D eigenvalue weighted by Crippen LogP contribution is 2.51. The largest absolute Gasteiger partial charge is 0.311 e. The van der Waals surface area contributed by atoms with Crippen LogP contribution in [0.25, 0.3) is 64.7 Å². The van der Waals surface area contributed by atoms with Crippen LogP contribution in [0.5, 0.6) is 0 Å². The Labute approximate surface area is 315 Å². The highest BCUT2D eigenvalue weighted by atomic mass is 32.1. The van der Waals surface area contributed by atoms with Gasteiger partial charge >= 0.3 is 0 Å². The molecule has 0 atom stereocenters. The van der Waals surface area contributed by atoms with Gasteiger partial charge in [0.25, 0.3) is 0 Å². The van der Waals surface area contributed by atoms with Gasteiger partial charge < -0.3 is 4.90 Å². The van der Waals surface area contributed by atoms with Gasteiger partial charge in [-0.2, -0.15) is 0 Å². The molecule has 0 amide bonds. The first-order valence-corrected chi connectivity index (χ1v) is 19.2. The third kappa shape index (κ3) is 5.37. The average Bonchev–Trinajstić information content (AvgIpc) is 3.70. The van der Waals surface area contributed by atoms with Gasteiger partial charge in [0.15, 0.2) is 0 Å². The van der Waals surface area contributed by atoms with Gasteiger partial charge in [-0.3, -0.25) is 0 Å². The number of para-hydroxylation sites is 1. The molecule has 9 aromatic rings. The van der Waals surface area contributed by atoms with Crippen LogP contribution in [0.1, 0.15) is 25.0 Å². The van der Waals surface area contributed by atoms with Crippen LogP contribution in [0.2, 0.25) is 0 Å². The molecular formula is C51H37NS. The SMILES string of the molecule is CC1(C)c2ccc(-c3ccc(N(c4ccccc4)c4ccc(-c5ccc6c(c5)sc5ccccc56)cc4)cc3)cc2-c2ccc(-c3ccccc3)cc21. The number of benzene rings is 8. The first-order valence-electron chi connectivity index (χ1n) is 18.3. The molecule has 0 N–H and O–H groups in total. The summed E-state index contributed by atoms with van der Waals surface area (Å²) in [7, 11) is 0. The summed E-state index contributed by atoms with van der Waals surface area (Å²) in [5.41, 5.74) is 16.2. The molecule has 8 aromatic carbocycles. The van der Waals surface area contributed by atoms with Crippen molar-refractivity contribution in [1.82, 2.24) is 0 Å². The Morgan fingerprint density at radius 1 is 0.358 bits per heavy atom. The standard InChI is InChI=1S/C51H37NS/c1-51(2)47-30-23-37(31-46(47)43-28-21-38(32-48(43)51)34-11-5-3-6-12-34)35-17-24-41(25-18-35)52(40-13-7-4-8-14-40)42-26-19-36(20-27-42)39-22-29-45-44-15-9-10-16-49(44)53-50(45)33-39/h3-33H,1-2H3. The van der Waals surface area contributed by atoms with Gasteiger partial charge in [0.05, 0.1) is 0 Å². The zero-order valence-electron chi connectivity index (χ0n) is 29.8. The van der Waals surface area contributed by atoms with Crippen molar-refractivity contribution in [2.45, 2.75) is 19.3 Å². The van der Waals surface area contributed by atoms with Gasteiger partial charge in [0, 0.05) is 42.6 Å². The molecule has 252 valence electrons. The van der Waals surface area contributed by atoms with E-state index in [0.717, 1.165) is 17.1 Å². The number of hydrogen-bond donors (Lipinski definition) is 0. The highest BCUT2D eigenvalue weighted by molar-refractivity contribution is 7.25. The lowest BCUT2D eigenvalue weighted by molar-refractivity contribution is 0.660. The first-order chi connectivity index (χ1) is 26.0. The number of thiophene rings is 1. The van der Waals surface area contributed by atoms with E-state index < -0.39 is 0 Å². The Kier molecular flexibility index (Phi) is 7.42. The second kappa shape index (κ2) is 12.5. The first kappa shape index (κ1) is 31.5. The van der Waals surface area contributed by atoms with E-state index in [1.807, 2.05) is 11.3 Å². The lowest BCUT2D eigenvalue weighted by atomic mass is 9.81. The Balaban J connectivity index is 0.969. The van der Waals surface area contributed by atoms with E-state index in [-0.39, 0.29) is 5.41 Å². The van der Waals surface area contributed by atoms with Crippen LogP contribution in [0, 0.1) is 0 Å². The van der Waals surface area contributed by atoms with Crippen molar-refractivity contribution < 1.29 is 0 Å². The molecule has 0 unspecified atom stereocenters. The van der Waals surface area contributed by atoms with Crippen molar-refractivity contribution >= 4 is 48.6 Å². The maximum absolute atomic E-state index is 2.40. The maximum atomic E-state index is 2.40. The van der Waals surface area contributed by atoms with E-state index in [2.05, 4.69) is 207 Å². The summed E-state index contributed by atoms with van der Waals surface area (Å²) in [4.78, 5) is 2.34. The van der Waals surface area contributed by atoms with Crippen LogP contribution in [-0.4, -0.2) is 0 Å². The summed E-state index contributed by atoms with van der Waals surface area (Å²) in [6.07, 6.45) is 0. The van der Waals surface area contributed by atoms with Crippen molar-refractivity contribution in [1.29, 1.82) is 0 Å². The Hall–Kier alpha value is -6.22. The second-order valence-corrected chi connectivity index (χ2v) is 15.7. The fraction of sp³-hybridized carbons (Fsp3) is 0.0588. The summed E-state index contributed by atoms with van der Waals surface area (Å²) in [6, 6.07) is 69.0. The van der Waals surface area contributed by atoms with E-state index in [0.29, 0.717) is 0 Å². The van der Waals surface area contributed by atoms with E-state index in [1.165, 1.54) is 75.8 Å². The zero-order valence-corrected chi connectivity index (χ0v) is 30.6. The average molecular weight is 696 g/mol. The molecule has 0 spiro atoms. The van der Waals surface area contributed by atoms with Crippen molar-refractivity contribution in [3.8, 4) is 44.5 Å². The molecule has 1 aromatic heterocycles. The molecule has 1 aliphatic rings. The molecular weight excluding hydrogens is 659 g/mol. The van der Waals surface area contributed by atoms with Gasteiger partial charge in [0.2, 0.25) is 0 Å². The van der Waals surface area contributed by atoms with Gasteiger partial charge in [0.1, 0.15) is 0 Å². The van der Waals surface area contributed by atoms with Crippen molar-refractivity contribution in [3.05, 3.63) is 199 Å². The van der Waals surface area contributed by atoms with Gasteiger partial charge in [-0.15, -0.1) is 11.3 Å². The quantitative estimate of drug-likeness (QED) is 0.167. The lowest BCUT2D eigenvalue weighted by Crippen LogP contribution is -2.15. The number of rotatable bonds is 6. The highest BCUT2D eigenvalue weighted by Gasteiger charge is 2.35. The van der Waals surface area contributed by atoms with E-state index in [1.54, 1.807) is 0 Å². The van der Waals surface area contributed by atoms with Crippen LogP contribution >= 0.6 is 11.3 Å². The summed E-state index contributed by atoms with van der Waals surface area (Å²) in [5.74, 6) is 0. The van der Waals surface area contributed by atoms with Gasteiger partial charge in [-0.05, 0) is 116 Å². The van der Waals surface area contributed by atoms with Crippen LogP contribution in [0.3, 0.4) is 0 Å². The van der Waals surface area contributed by atoms with Crippen LogP contribution in [-0.2, 0) is 5.41 Å². The molecule has 0 aliphatic heterocycles. The molecule has 2 heteroatoms. The van der Waals surface area contributed by atoms with Crippen molar-refractivity contribution in [2.24, 2.45) is 0 Å². The molecule has 0 fully saturated rings. The van der Waals surface area contributed by atoms with Crippen molar-refractivity contribution in [3.63, 3.8) is 0 Å². The molecule has 10 rings (SSSR count). The molecule has 0 saturated carbocycles. The minimum atomic E-state index is -0.0606. The van der Waals surface area contributed by atoms with Crippen LogP contribution in [0.4, 0.5) is 17.1 Å². The molecule has 0 radical (unpaired) electrons.